The van der Waals surface area contributed by atoms with E-state index >= 15 is 0 Å². The Bertz CT molecular complexity index is 843. The highest BCUT2D eigenvalue weighted by Gasteiger charge is 2.37. The molecule has 1 aromatic heterocycles. The summed E-state index contributed by atoms with van der Waals surface area (Å²) in [6.45, 7) is 3.10. The van der Waals surface area contributed by atoms with E-state index in [0.29, 0.717) is 50.7 Å². The molecule has 1 fully saturated rings. The molecule has 1 aromatic carbocycles. The van der Waals surface area contributed by atoms with Crippen LogP contribution in [0.15, 0.2) is 23.6 Å². The number of hydrogen-bond acceptors (Lipinski definition) is 5. The number of amides is 1. The van der Waals surface area contributed by atoms with E-state index in [1.165, 1.54) is 0 Å². The molecule has 0 aliphatic carbocycles. The van der Waals surface area contributed by atoms with Gasteiger partial charge in [0.15, 0.2) is 5.13 Å². The van der Waals surface area contributed by atoms with Crippen molar-refractivity contribution in [2.45, 2.75) is 18.9 Å². The van der Waals surface area contributed by atoms with Crippen molar-refractivity contribution in [1.29, 1.82) is 0 Å². The van der Waals surface area contributed by atoms with Gasteiger partial charge in [0.2, 0.25) is 0 Å². The van der Waals surface area contributed by atoms with Gasteiger partial charge in [-0.15, -0.1) is 11.3 Å². The topological polar surface area (TPSA) is 54.5 Å². The summed E-state index contributed by atoms with van der Waals surface area (Å²) in [5.74, 6) is -1.10. The van der Waals surface area contributed by atoms with Crippen LogP contribution in [-0.2, 0) is 23.6 Å². The van der Waals surface area contributed by atoms with Crippen LogP contribution in [0.5, 0.6) is 0 Å². The first-order chi connectivity index (χ1) is 13.5. The largest absolute Gasteiger partial charge is 0.416 e. The second kappa shape index (κ2) is 8.28. The van der Waals surface area contributed by atoms with Crippen LogP contribution in [0.1, 0.15) is 27.2 Å². The van der Waals surface area contributed by atoms with Crippen molar-refractivity contribution >= 4 is 22.4 Å². The molecule has 0 spiro atoms. The Hall–Kier alpha value is -2.18. The van der Waals surface area contributed by atoms with Crippen LogP contribution >= 0.6 is 11.3 Å². The third kappa shape index (κ3) is 5.67. The number of thiazole rings is 1. The molecule has 0 saturated carbocycles. The van der Waals surface area contributed by atoms with Crippen LogP contribution in [0, 0.1) is 0 Å². The van der Waals surface area contributed by atoms with Crippen molar-refractivity contribution in [3.63, 3.8) is 0 Å². The molecule has 3 rings (SSSR count). The van der Waals surface area contributed by atoms with E-state index in [4.69, 9.17) is 4.74 Å². The lowest BCUT2D eigenvalue weighted by Crippen LogP contribution is -2.35. The van der Waals surface area contributed by atoms with Gasteiger partial charge in [0.1, 0.15) is 0 Å². The van der Waals surface area contributed by atoms with E-state index in [1.807, 2.05) is 0 Å². The van der Waals surface area contributed by atoms with E-state index in [0.717, 1.165) is 11.3 Å². The van der Waals surface area contributed by atoms with Gasteiger partial charge in [-0.3, -0.25) is 15.0 Å². The Morgan fingerprint density at radius 1 is 1.07 bits per heavy atom. The fourth-order valence-corrected chi connectivity index (χ4v) is 3.38. The third-order valence-electron chi connectivity index (χ3n) is 4.11. The minimum atomic E-state index is -5.03. The number of benzene rings is 1. The molecule has 2 heterocycles. The van der Waals surface area contributed by atoms with Gasteiger partial charge in [-0.1, -0.05) is 0 Å². The molecule has 1 aliphatic heterocycles. The number of nitrogens with zero attached hydrogens (tertiary/aromatic N) is 2. The van der Waals surface area contributed by atoms with E-state index in [1.54, 1.807) is 5.38 Å². The Labute approximate surface area is 165 Å². The first kappa shape index (κ1) is 21.5. The smallest absolute Gasteiger partial charge is 0.379 e. The Morgan fingerprint density at radius 2 is 1.66 bits per heavy atom. The standard InChI is InChI=1S/C17H15F6N3O2S/c18-16(19,20)11-5-10(6-12(7-11)17(21,22)23)14(27)25-15-24-13(9-29-15)8-26-1-3-28-4-2-26/h5-7,9H,1-4,8H2,(H,24,25,27). The first-order valence-corrected chi connectivity index (χ1v) is 9.26. The number of anilines is 1. The molecular formula is C17H15F6N3O2S. The SMILES string of the molecule is O=C(Nc1nc(CN2CCOCC2)cs1)c1cc(C(F)(F)F)cc(C(F)(F)F)c1. The number of morpholine rings is 1. The number of rotatable bonds is 4. The number of hydrogen-bond donors (Lipinski definition) is 1. The third-order valence-corrected chi connectivity index (χ3v) is 4.92. The average Bonchev–Trinajstić information content (AvgIpc) is 3.07. The Morgan fingerprint density at radius 3 is 2.21 bits per heavy atom. The maximum atomic E-state index is 12.9. The van der Waals surface area contributed by atoms with Gasteiger partial charge in [0.25, 0.3) is 5.91 Å². The van der Waals surface area contributed by atoms with E-state index < -0.39 is 35.0 Å². The highest BCUT2D eigenvalue weighted by atomic mass is 32.1. The molecule has 5 nitrogen and oxygen atoms in total. The van der Waals surface area contributed by atoms with Gasteiger partial charge >= 0.3 is 12.4 Å². The molecular weight excluding hydrogens is 424 g/mol. The number of aromatic nitrogens is 1. The predicted molar refractivity (Wildman–Crippen MR) is 92.6 cm³/mol. The lowest BCUT2D eigenvalue weighted by atomic mass is 10.0. The summed E-state index contributed by atoms with van der Waals surface area (Å²) in [7, 11) is 0. The van der Waals surface area contributed by atoms with Crippen molar-refractivity contribution < 1.29 is 35.9 Å². The average molecular weight is 439 g/mol. The second-order valence-electron chi connectivity index (χ2n) is 6.28. The van der Waals surface area contributed by atoms with Crippen molar-refractivity contribution in [2.24, 2.45) is 0 Å². The molecule has 12 heteroatoms. The number of carbonyl (C=O) groups excluding carboxylic acids is 1. The number of ether oxygens (including phenoxy) is 1. The van der Waals surface area contributed by atoms with Gasteiger partial charge in [0.05, 0.1) is 30.0 Å². The number of nitrogens with one attached hydrogen (secondary N) is 1. The Balaban J connectivity index is 1.76. The molecule has 2 aromatic rings. The zero-order chi connectivity index (χ0) is 21.2. The number of alkyl halides is 6. The predicted octanol–water partition coefficient (Wildman–Crippen LogP) is 4.27. The van der Waals surface area contributed by atoms with Crippen LogP contribution in [0.25, 0.3) is 0 Å². The highest BCUT2D eigenvalue weighted by Crippen LogP contribution is 2.36. The van der Waals surface area contributed by atoms with E-state index in [-0.39, 0.29) is 11.2 Å². The molecule has 1 amide bonds. The van der Waals surface area contributed by atoms with Gasteiger partial charge in [-0.2, -0.15) is 26.3 Å². The summed E-state index contributed by atoms with van der Waals surface area (Å²) in [5, 5.41) is 4.02. The van der Waals surface area contributed by atoms with Gasteiger partial charge < -0.3 is 4.74 Å². The first-order valence-electron chi connectivity index (χ1n) is 8.38. The molecule has 158 valence electrons. The maximum absolute atomic E-state index is 12.9. The molecule has 0 atom stereocenters. The minimum Gasteiger partial charge on any atom is -0.379 e. The lowest BCUT2D eigenvalue weighted by molar-refractivity contribution is -0.143. The summed E-state index contributed by atoms with van der Waals surface area (Å²) < 4.78 is 82.8. The molecule has 1 saturated heterocycles. The summed E-state index contributed by atoms with van der Waals surface area (Å²) in [5.41, 5.74) is -3.22. The quantitative estimate of drug-likeness (QED) is 0.724. The molecule has 1 N–H and O–H groups in total. The molecule has 29 heavy (non-hydrogen) atoms. The van der Waals surface area contributed by atoms with Crippen LogP contribution < -0.4 is 5.32 Å². The van der Waals surface area contributed by atoms with Crippen molar-refractivity contribution in [1.82, 2.24) is 9.88 Å². The zero-order valence-electron chi connectivity index (χ0n) is 14.7. The van der Waals surface area contributed by atoms with Crippen LogP contribution in [-0.4, -0.2) is 42.1 Å². The maximum Gasteiger partial charge on any atom is 0.416 e. The fraction of sp³-hybridized carbons (Fsp3) is 0.412. The van der Waals surface area contributed by atoms with Gasteiger partial charge in [-0.25, -0.2) is 4.98 Å². The van der Waals surface area contributed by atoms with Crippen LogP contribution in [0.4, 0.5) is 31.5 Å². The summed E-state index contributed by atoms with van der Waals surface area (Å²) in [6.07, 6.45) is -10.1. The number of halogens is 6. The van der Waals surface area contributed by atoms with Crippen molar-refractivity contribution in [3.8, 4) is 0 Å². The van der Waals surface area contributed by atoms with Crippen LogP contribution in [0.2, 0.25) is 0 Å². The van der Waals surface area contributed by atoms with Crippen LogP contribution in [0.3, 0.4) is 0 Å². The second-order valence-corrected chi connectivity index (χ2v) is 7.14. The lowest BCUT2D eigenvalue weighted by Gasteiger charge is -2.25. The molecule has 1 aliphatic rings. The van der Waals surface area contributed by atoms with E-state index in [9.17, 15) is 31.1 Å². The van der Waals surface area contributed by atoms with Gasteiger partial charge in [0, 0.05) is 30.6 Å². The normalized spacial score (nSPS) is 16.1. The molecule has 0 bridgehead atoms. The summed E-state index contributed by atoms with van der Waals surface area (Å²) in [4.78, 5) is 18.5. The van der Waals surface area contributed by atoms with Crippen molar-refractivity contribution in [3.05, 3.63) is 46.0 Å². The highest BCUT2D eigenvalue weighted by molar-refractivity contribution is 7.13. The summed E-state index contributed by atoms with van der Waals surface area (Å²) in [6, 6.07) is 0.736. The minimum absolute atomic E-state index is 0.0272. The fourth-order valence-electron chi connectivity index (χ4n) is 2.68. The molecule has 0 radical (unpaired) electrons. The monoisotopic (exact) mass is 439 g/mol. The summed E-state index contributed by atoms with van der Waals surface area (Å²) >= 11 is 1.04. The zero-order valence-corrected chi connectivity index (χ0v) is 15.5. The number of carbonyl (C=O) groups is 1. The van der Waals surface area contributed by atoms with Crippen molar-refractivity contribution in [2.75, 3.05) is 31.6 Å². The van der Waals surface area contributed by atoms with Gasteiger partial charge in [-0.05, 0) is 18.2 Å². The molecule has 0 unspecified atom stereocenters. The van der Waals surface area contributed by atoms with E-state index in [2.05, 4.69) is 15.2 Å². The Kier molecular flexibility index (Phi) is 6.15.